The summed E-state index contributed by atoms with van der Waals surface area (Å²) in [5.74, 6) is -0.283. The third kappa shape index (κ3) is 4.04. The molecule has 3 rings (SSSR count). The molecule has 0 spiro atoms. The van der Waals surface area contributed by atoms with Crippen molar-refractivity contribution in [3.63, 3.8) is 0 Å². The van der Waals surface area contributed by atoms with Crippen LogP contribution in [0.1, 0.15) is 35.2 Å². The lowest BCUT2D eigenvalue weighted by atomic mass is 9.97. The Hall–Kier alpha value is -3.44. The van der Waals surface area contributed by atoms with Gasteiger partial charge < -0.3 is 11.1 Å². The Kier molecular flexibility index (Phi) is 5.33. The maximum Gasteiger partial charge on any atom is 0.346 e. The molecule has 1 unspecified atom stereocenters. The number of nitrogens with zero attached hydrogens (tertiary/aromatic N) is 2. The normalized spacial score (nSPS) is 11.6. The maximum atomic E-state index is 11.8. The van der Waals surface area contributed by atoms with E-state index in [2.05, 4.69) is 21.4 Å². The Morgan fingerprint density at radius 3 is 2.70 bits per heavy atom. The molecule has 0 fully saturated rings. The molecule has 0 bridgehead atoms. The topological polar surface area (TPSA) is 125 Å². The van der Waals surface area contributed by atoms with E-state index in [1.807, 2.05) is 31.2 Å². The average molecular weight is 379 g/mol. The highest BCUT2D eigenvalue weighted by Gasteiger charge is 2.16. The van der Waals surface area contributed by atoms with E-state index in [0.717, 1.165) is 22.4 Å². The molecule has 27 heavy (non-hydrogen) atoms. The minimum Gasteiger partial charge on any atom is -0.366 e. The smallest absolute Gasteiger partial charge is 0.346 e. The summed E-state index contributed by atoms with van der Waals surface area (Å²) in [7, 11) is 0. The van der Waals surface area contributed by atoms with Gasteiger partial charge in [-0.25, -0.2) is 9.78 Å². The van der Waals surface area contributed by atoms with E-state index >= 15 is 0 Å². The number of nitrogens with two attached hydrogens (primary N) is 1. The standard InChI is InChI=1S/C19H17N5O2S/c1-2-11(10-20)12-3-5-13(6-4-12)15-9-14(17(21)25)18(27-15)23-16-7-8-22-19(26)24-16/h3-9,11H,2H2,1H3,(H2,21,25)(H2,22,23,24,26). The van der Waals surface area contributed by atoms with Gasteiger partial charge in [0.2, 0.25) is 0 Å². The predicted molar refractivity (Wildman–Crippen MR) is 105 cm³/mol. The summed E-state index contributed by atoms with van der Waals surface area (Å²) in [6.07, 6.45) is 2.12. The number of benzene rings is 1. The molecule has 1 aromatic carbocycles. The van der Waals surface area contributed by atoms with Crippen LogP contribution in [0.2, 0.25) is 0 Å². The molecule has 0 saturated carbocycles. The first-order valence-corrected chi connectivity index (χ1v) is 9.09. The van der Waals surface area contributed by atoms with Crippen molar-refractivity contribution >= 4 is 28.1 Å². The second-order valence-corrected chi connectivity index (χ2v) is 6.90. The quantitative estimate of drug-likeness (QED) is 0.606. The van der Waals surface area contributed by atoms with E-state index in [9.17, 15) is 14.9 Å². The SMILES string of the molecule is CCC(C#N)c1ccc(-c2cc(C(N)=O)c(Nc3ccnc(=O)[nH]3)s2)cc1. The summed E-state index contributed by atoms with van der Waals surface area (Å²) >= 11 is 1.35. The number of aromatic nitrogens is 2. The van der Waals surface area contributed by atoms with Crippen molar-refractivity contribution < 1.29 is 4.79 Å². The van der Waals surface area contributed by atoms with Gasteiger partial charge in [-0.3, -0.25) is 9.78 Å². The van der Waals surface area contributed by atoms with E-state index in [0.29, 0.717) is 16.4 Å². The highest BCUT2D eigenvalue weighted by atomic mass is 32.1. The number of carbonyl (C=O) groups is 1. The summed E-state index contributed by atoms with van der Waals surface area (Å²) in [5.41, 5.74) is 7.21. The average Bonchev–Trinajstić information content (AvgIpc) is 3.07. The Bertz CT molecular complexity index is 1060. The first kappa shape index (κ1) is 18.4. The van der Waals surface area contributed by atoms with Gasteiger partial charge in [0, 0.05) is 11.1 Å². The second kappa shape index (κ2) is 7.85. The van der Waals surface area contributed by atoms with Gasteiger partial charge >= 0.3 is 5.69 Å². The van der Waals surface area contributed by atoms with Gasteiger partial charge in [-0.05, 0) is 29.7 Å². The van der Waals surface area contributed by atoms with Crippen molar-refractivity contribution in [3.05, 3.63) is 64.2 Å². The van der Waals surface area contributed by atoms with Gasteiger partial charge in [-0.2, -0.15) is 5.26 Å². The van der Waals surface area contributed by atoms with Gasteiger partial charge in [0.15, 0.2) is 0 Å². The van der Waals surface area contributed by atoms with E-state index < -0.39 is 11.6 Å². The molecule has 4 N–H and O–H groups in total. The van der Waals surface area contributed by atoms with E-state index in [1.54, 1.807) is 12.1 Å². The van der Waals surface area contributed by atoms with Crippen LogP contribution in [0.25, 0.3) is 10.4 Å². The molecular weight excluding hydrogens is 362 g/mol. The first-order valence-electron chi connectivity index (χ1n) is 8.27. The highest BCUT2D eigenvalue weighted by Crippen LogP contribution is 2.37. The molecule has 0 aliphatic heterocycles. The number of nitriles is 1. The summed E-state index contributed by atoms with van der Waals surface area (Å²) in [4.78, 5) is 30.1. The molecule has 0 aliphatic carbocycles. The van der Waals surface area contributed by atoms with Gasteiger partial charge in [0.05, 0.1) is 17.6 Å². The van der Waals surface area contributed by atoms with Gasteiger partial charge in [-0.1, -0.05) is 31.2 Å². The lowest BCUT2D eigenvalue weighted by molar-refractivity contribution is 0.100. The fourth-order valence-electron chi connectivity index (χ4n) is 2.65. The largest absolute Gasteiger partial charge is 0.366 e. The third-order valence-electron chi connectivity index (χ3n) is 4.08. The molecule has 136 valence electrons. The van der Waals surface area contributed by atoms with Crippen molar-refractivity contribution in [1.29, 1.82) is 5.26 Å². The molecule has 0 radical (unpaired) electrons. The number of hydrogen-bond donors (Lipinski definition) is 3. The number of aromatic amines is 1. The van der Waals surface area contributed by atoms with E-state index in [-0.39, 0.29) is 5.92 Å². The van der Waals surface area contributed by atoms with Crippen molar-refractivity contribution in [2.24, 2.45) is 5.73 Å². The van der Waals surface area contributed by atoms with Crippen molar-refractivity contribution in [2.75, 3.05) is 5.32 Å². The Morgan fingerprint density at radius 2 is 2.11 bits per heavy atom. The highest BCUT2D eigenvalue weighted by molar-refractivity contribution is 7.19. The minimum absolute atomic E-state index is 0.135. The van der Waals surface area contributed by atoms with Crippen LogP contribution in [0.3, 0.4) is 0 Å². The molecule has 0 saturated heterocycles. The minimum atomic E-state index is -0.566. The summed E-state index contributed by atoms with van der Waals surface area (Å²) < 4.78 is 0. The van der Waals surface area contributed by atoms with Crippen molar-refractivity contribution in [2.45, 2.75) is 19.3 Å². The van der Waals surface area contributed by atoms with E-state index in [1.165, 1.54) is 17.5 Å². The molecule has 8 heteroatoms. The summed E-state index contributed by atoms with van der Waals surface area (Å²) in [5, 5.41) is 12.7. The summed E-state index contributed by atoms with van der Waals surface area (Å²) in [6.45, 7) is 1.97. The number of hydrogen-bond acceptors (Lipinski definition) is 6. The third-order valence-corrected chi connectivity index (χ3v) is 5.18. The zero-order chi connectivity index (χ0) is 19.4. The Balaban J connectivity index is 1.94. The van der Waals surface area contributed by atoms with Crippen LogP contribution in [0.5, 0.6) is 0 Å². The van der Waals surface area contributed by atoms with Crippen LogP contribution in [0.4, 0.5) is 10.8 Å². The molecule has 1 atom stereocenters. The monoisotopic (exact) mass is 379 g/mol. The number of amides is 1. The van der Waals surface area contributed by atoms with Crippen LogP contribution < -0.4 is 16.7 Å². The second-order valence-electron chi connectivity index (χ2n) is 5.84. The van der Waals surface area contributed by atoms with Gasteiger partial charge in [0.1, 0.15) is 10.8 Å². The number of nitrogens with one attached hydrogen (secondary N) is 2. The Morgan fingerprint density at radius 1 is 1.37 bits per heavy atom. The number of thiophene rings is 1. The number of anilines is 2. The maximum absolute atomic E-state index is 11.8. The zero-order valence-corrected chi connectivity index (χ0v) is 15.3. The van der Waals surface area contributed by atoms with Crippen LogP contribution in [0, 0.1) is 11.3 Å². The molecule has 7 nitrogen and oxygen atoms in total. The lowest BCUT2D eigenvalue weighted by Crippen LogP contribution is -2.13. The molecular formula is C19H17N5O2S. The summed E-state index contributed by atoms with van der Waals surface area (Å²) in [6, 6.07) is 13.3. The number of H-pyrrole nitrogens is 1. The number of primary amides is 1. The first-order chi connectivity index (χ1) is 13.0. The van der Waals surface area contributed by atoms with E-state index in [4.69, 9.17) is 5.73 Å². The van der Waals surface area contributed by atoms with Crippen LogP contribution in [-0.2, 0) is 0 Å². The van der Waals surface area contributed by atoms with Crippen molar-refractivity contribution in [3.8, 4) is 16.5 Å². The molecule has 1 amide bonds. The zero-order valence-electron chi connectivity index (χ0n) is 14.5. The fraction of sp³-hybridized carbons (Fsp3) is 0.158. The van der Waals surface area contributed by atoms with Crippen LogP contribution >= 0.6 is 11.3 Å². The Labute approximate surface area is 159 Å². The molecule has 0 aliphatic rings. The number of rotatable bonds is 6. The van der Waals surface area contributed by atoms with Crippen molar-refractivity contribution in [1.82, 2.24) is 9.97 Å². The molecule has 2 aromatic heterocycles. The van der Waals surface area contributed by atoms with Gasteiger partial charge in [-0.15, -0.1) is 11.3 Å². The van der Waals surface area contributed by atoms with Crippen LogP contribution in [-0.4, -0.2) is 15.9 Å². The van der Waals surface area contributed by atoms with Crippen LogP contribution in [0.15, 0.2) is 47.4 Å². The van der Waals surface area contributed by atoms with Gasteiger partial charge in [0.25, 0.3) is 5.91 Å². The lowest BCUT2D eigenvalue weighted by Gasteiger charge is -2.07. The number of carbonyl (C=O) groups excluding carboxylic acids is 1. The molecule has 2 heterocycles. The predicted octanol–water partition coefficient (Wildman–Crippen LogP) is 3.36. The molecule has 3 aromatic rings. The fourth-order valence-corrected chi connectivity index (χ4v) is 3.74.